The number of carbonyl (C=O) groups excluding carboxylic acids is 1. The first-order valence-corrected chi connectivity index (χ1v) is 7.50. The van der Waals surface area contributed by atoms with Gasteiger partial charge in [-0.2, -0.15) is 0 Å². The summed E-state index contributed by atoms with van der Waals surface area (Å²) in [6.07, 6.45) is 7.00. The highest BCUT2D eigenvalue weighted by molar-refractivity contribution is 5.96. The zero-order valence-electron chi connectivity index (χ0n) is 12.7. The number of hydrogen-bond donors (Lipinski definition) is 3. The van der Waals surface area contributed by atoms with Crippen LogP contribution in [0.15, 0.2) is 30.9 Å². The fourth-order valence-corrected chi connectivity index (χ4v) is 2.52. The van der Waals surface area contributed by atoms with Crippen molar-refractivity contribution >= 4 is 16.9 Å². The van der Waals surface area contributed by atoms with Gasteiger partial charge in [0.05, 0.1) is 5.69 Å². The first-order valence-electron chi connectivity index (χ1n) is 7.50. The summed E-state index contributed by atoms with van der Waals surface area (Å²) in [5, 5.41) is 3.96. The summed E-state index contributed by atoms with van der Waals surface area (Å²) >= 11 is 0. The van der Waals surface area contributed by atoms with E-state index in [4.69, 9.17) is 0 Å². The van der Waals surface area contributed by atoms with Gasteiger partial charge >= 0.3 is 0 Å². The number of carbonyl (C=O) groups is 1. The topological polar surface area (TPSA) is 86.5 Å². The van der Waals surface area contributed by atoms with Crippen LogP contribution in [0.1, 0.15) is 40.0 Å². The molecule has 0 aromatic carbocycles. The number of amides is 1. The Morgan fingerprint density at radius 1 is 1.32 bits per heavy atom. The molecule has 0 atom stereocenters. The van der Waals surface area contributed by atoms with Crippen LogP contribution in [-0.2, 0) is 0 Å². The van der Waals surface area contributed by atoms with E-state index < -0.39 is 0 Å². The average molecular weight is 301 g/mol. The van der Waals surface area contributed by atoms with E-state index in [0.717, 1.165) is 35.1 Å². The minimum absolute atomic E-state index is 0. The zero-order chi connectivity index (χ0) is 15.5. The Kier molecular flexibility index (Phi) is 3.91. The predicted molar refractivity (Wildman–Crippen MR) is 89.7 cm³/mol. The maximum atomic E-state index is 12.2. The Morgan fingerprint density at radius 3 is 2.91 bits per heavy atom. The molecule has 22 heavy (non-hydrogen) atoms. The fourth-order valence-electron chi connectivity index (χ4n) is 2.52. The van der Waals surface area contributed by atoms with Crippen LogP contribution in [0.4, 0.5) is 0 Å². The average Bonchev–Trinajstić information content (AvgIpc) is 3.20. The highest BCUT2D eigenvalue weighted by Crippen LogP contribution is 2.25. The Hall–Kier alpha value is -2.63. The van der Waals surface area contributed by atoms with Crippen LogP contribution < -0.4 is 5.32 Å². The standard InChI is InChI=1S/C16H19N5O.2H2/c1-3-11(4-2)21-16(22)13-7-10(8-18-13)14-12-5-6-17-15(12)20-9-19-14;;/h5-9,11,18H,3-4H2,1-2H3,(H,21,22)(H,17,19,20);2*1H. The number of nitrogens with zero attached hydrogens (tertiary/aromatic N) is 2. The third-order valence-electron chi connectivity index (χ3n) is 3.88. The number of aromatic amines is 2. The SMILES string of the molecule is CCC(CC)NC(=O)c1cc(-c2ncnc3[nH]ccc23)c[nH]1.[HH].[HH]. The van der Waals surface area contributed by atoms with Gasteiger partial charge in [0.2, 0.25) is 0 Å². The molecule has 3 aromatic rings. The second-order valence-electron chi connectivity index (χ2n) is 5.25. The van der Waals surface area contributed by atoms with Crippen LogP contribution in [-0.4, -0.2) is 31.9 Å². The fraction of sp³-hybridized carbons (Fsp3) is 0.312. The van der Waals surface area contributed by atoms with Gasteiger partial charge in [0.15, 0.2) is 0 Å². The molecule has 6 nitrogen and oxygen atoms in total. The molecule has 3 heterocycles. The van der Waals surface area contributed by atoms with Gasteiger partial charge in [0, 0.05) is 32.2 Å². The van der Waals surface area contributed by atoms with E-state index in [0.29, 0.717) is 5.69 Å². The smallest absolute Gasteiger partial charge is 0.267 e. The molecule has 0 bridgehead atoms. The van der Waals surface area contributed by atoms with Gasteiger partial charge in [-0.1, -0.05) is 13.8 Å². The molecule has 0 saturated carbocycles. The molecule has 0 aliphatic carbocycles. The van der Waals surface area contributed by atoms with Crippen LogP contribution in [0.2, 0.25) is 0 Å². The van der Waals surface area contributed by atoms with Crippen LogP contribution >= 0.6 is 0 Å². The largest absolute Gasteiger partial charge is 0.357 e. The third-order valence-corrected chi connectivity index (χ3v) is 3.88. The molecule has 3 N–H and O–H groups in total. The predicted octanol–water partition coefficient (Wildman–Crippen LogP) is 3.36. The van der Waals surface area contributed by atoms with E-state index in [1.54, 1.807) is 6.20 Å². The highest BCUT2D eigenvalue weighted by Gasteiger charge is 2.15. The van der Waals surface area contributed by atoms with Gasteiger partial charge in [0.1, 0.15) is 17.7 Å². The van der Waals surface area contributed by atoms with E-state index in [-0.39, 0.29) is 14.8 Å². The molecule has 118 valence electrons. The lowest BCUT2D eigenvalue weighted by atomic mass is 10.1. The molecular formula is C16H23N5O. The molecular weight excluding hydrogens is 278 g/mol. The number of H-pyrrole nitrogens is 2. The maximum absolute atomic E-state index is 12.2. The molecule has 0 spiro atoms. The third kappa shape index (κ3) is 2.59. The second-order valence-corrected chi connectivity index (χ2v) is 5.25. The molecule has 0 unspecified atom stereocenters. The van der Waals surface area contributed by atoms with E-state index in [1.807, 2.05) is 18.3 Å². The Labute approximate surface area is 131 Å². The number of rotatable bonds is 5. The van der Waals surface area contributed by atoms with E-state index in [9.17, 15) is 4.79 Å². The summed E-state index contributed by atoms with van der Waals surface area (Å²) < 4.78 is 0. The van der Waals surface area contributed by atoms with Crippen molar-refractivity contribution < 1.29 is 7.65 Å². The van der Waals surface area contributed by atoms with Crippen molar-refractivity contribution in [3.05, 3.63) is 36.5 Å². The second kappa shape index (κ2) is 6.01. The summed E-state index contributed by atoms with van der Waals surface area (Å²) in [6.45, 7) is 4.14. The van der Waals surface area contributed by atoms with E-state index >= 15 is 0 Å². The van der Waals surface area contributed by atoms with Crippen LogP contribution in [0, 0.1) is 0 Å². The number of hydrogen-bond acceptors (Lipinski definition) is 3. The first-order chi connectivity index (χ1) is 10.7. The molecule has 0 aliphatic rings. The summed E-state index contributed by atoms with van der Waals surface area (Å²) in [4.78, 5) is 26.8. The van der Waals surface area contributed by atoms with Crippen molar-refractivity contribution in [3.8, 4) is 11.3 Å². The quantitative estimate of drug-likeness (QED) is 0.675. The van der Waals surface area contributed by atoms with Crippen LogP contribution in [0.3, 0.4) is 0 Å². The van der Waals surface area contributed by atoms with E-state index in [1.165, 1.54) is 6.33 Å². The van der Waals surface area contributed by atoms with E-state index in [2.05, 4.69) is 39.1 Å². The van der Waals surface area contributed by atoms with Gasteiger partial charge in [-0.3, -0.25) is 4.79 Å². The maximum Gasteiger partial charge on any atom is 0.267 e. The van der Waals surface area contributed by atoms with Gasteiger partial charge < -0.3 is 15.3 Å². The normalized spacial score (nSPS) is 11.2. The number of nitrogens with one attached hydrogen (secondary N) is 3. The lowest BCUT2D eigenvalue weighted by molar-refractivity contribution is 0.0930. The molecule has 0 fully saturated rings. The van der Waals surface area contributed by atoms with Crippen molar-refractivity contribution in [2.75, 3.05) is 0 Å². The van der Waals surface area contributed by atoms with Crippen LogP contribution in [0.25, 0.3) is 22.3 Å². The number of fused-ring (bicyclic) bond motifs is 1. The molecule has 0 aliphatic heterocycles. The van der Waals surface area contributed by atoms with Crippen molar-refractivity contribution in [1.29, 1.82) is 0 Å². The van der Waals surface area contributed by atoms with Gasteiger partial charge in [0.25, 0.3) is 5.91 Å². The Morgan fingerprint density at radius 2 is 2.14 bits per heavy atom. The molecule has 0 saturated heterocycles. The Balaban J connectivity index is 0.00000144. The van der Waals surface area contributed by atoms with Crippen LogP contribution in [0.5, 0.6) is 0 Å². The van der Waals surface area contributed by atoms with Crippen molar-refractivity contribution in [3.63, 3.8) is 0 Å². The van der Waals surface area contributed by atoms with Crippen molar-refractivity contribution in [1.82, 2.24) is 25.3 Å². The lowest BCUT2D eigenvalue weighted by Crippen LogP contribution is -2.33. The van der Waals surface area contributed by atoms with Crippen molar-refractivity contribution in [2.24, 2.45) is 0 Å². The minimum atomic E-state index is -0.0840. The summed E-state index contributed by atoms with van der Waals surface area (Å²) in [5.74, 6) is -0.0840. The highest BCUT2D eigenvalue weighted by atomic mass is 16.1. The molecule has 1 amide bonds. The summed E-state index contributed by atoms with van der Waals surface area (Å²) in [6, 6.07) is 3.96. The molecule has 6 heteroatoms. The zero-order valence-corrected chi connectivity index (χ0v) is 12.7. The molecule has 3 aromatic heterocycles. The summed E-state index contributed by atoms with van der Waals surface area (Å²) in [7, 11) is 0. The molecule has 3 rings (SSSR count). The van der Waals surface area contributed by atoms with Gasteiger partial charge in [-0.15, -0.1) is 0 Å². The van der Waals surface area contributed by atoms with Gasteiger partial charge in [-0.05, 0) is 25.0 Å². The first kappa shape index (κ1) is 14.3. The van der Waals surface area contributed by atoms with Gasteiger partial charge in [-0.25, -0.2) is 9.97 Å². The number of aromatic nitrogens is 4. The van der Waals surface area contributed by atoms with Crippen molar-refractivity contribution in [2.45, 2.75) is 32.7 Å². The minimum Gasteiger partial charge on any atom is -0.357 e. The Bertz CT molecular complexity index is 794. The molecule has 0 radical (unpaired) electrons. The summed E-state index contributed by atoms with van der Waals surface area (Å²) in [5.41, 5.74) is 3.02. The lowest BCUT2D eigenvalue weighted by Gasteiger charge is -2.13. The monoisotopic (exact) mass is 301 g/mol.